The Morgan fingerprint density at radius 2 is 1.52 bits per heavy atom. The van der Waals surface area contributed by atoms with E-state index in [4.69, 9.17) is 5.73 Å². The highest BCUT2D eigenvalue weighted by Crippen LogP contribution is 2.33. The van der Waals surface area contributed by atoms with Crippen LogP contribution in [0.25, 0.3) is 21.5 Å². The summed E-state index contributed by atoms with van der Waals surface area (Å²) >= 11 is 1.69. The normalized spacial score (nSPS) is 12.8. The van der Waals surface area contributed by atoms with Crippen molar-refractivity contribution in [2.45, 2.75) is 6.04 Å². The summed E-state index contributed by atoms with van der Waals surface area (Å²) in [4.78, 5) is 0. The number of hydrogen-bond acceptors (Lipinski definition) is 2. The summed E-state index contributed by atoms with van der Waals surface area (Å²) in [6, 6.07) is 21.3. The second-order valence-electron chi connectivity index (χ2n) is 5.27. The number of nitrogens with two attached hydrogens (primary N) is 1. The van der Waals surface area contributed by atoms with Crippen LogP contribution in [0.15, 0.2) is 71.4 Å². The molecule has 1 aromatic heterocycles. The van der Waals surface area contributed by atoms with E-state index in [0.717, 1.165) is 0 Å². The van der Waals surface area contributed by atoms with E-state index in [2.05, 4.69) is 71.4 Å². The van der Waals surface area contributed by atoms with Crippen LogP contribution in [0.1, 0.15) is 17.2 Å². The fraction of sp³-hybridized carbons (Fsp3) is 0.0526. The van der Waals surface area contributed by atoms with E-state index in [9.17, 15) is 0 Å². The maximum absolute atomic E-state index is 6.52. The molecule has 0 aliphatic carbocycles. The van der Waals surface area contributed by atoms with Crippen molar-refractivity contribution >= 4 is 32.9 Å². The van der Waals surface area contributed by atoms with Crippen molar-refractivity contribution in [3.05, 3.63) is 82.6 Å². The summed E-state index contributed by atoms with van der Waals surface area (Å²) in [6.07, 6.45) is 0. The molecule has 0 radical (unpaired) electrons. The van der Waals surface area contributed by atoms with E-state index >= 15 is 0 Å². The Hall–Kier alpha value is -2.16. The van der Waals surface area contributed by atoms with Gasteiger partial charge in [0.2, 0.25) is 0 Å². The standard InChI is InChI=1S/C19H15NS/c20-19(14-9-10-21-12-14)18-11-13-5-1-2-6-15(13)16-7-3-4-8-17(16)18/h1-12,19H,20H2/t19-/m0/s1. The minimum Gasteiger partial charge on any atom is -0.320 e. The van der Waals surface area contributed by atoms with Gasteiger partial charge in [-0.2, -0.15) is 11.3 Å². The van der Waals surface area contributed by atoms with E-state index in [1.165, 1.54) is 32.7 Å². The van der Waals surface area contributed by atoms with Crippen molar-refractivity contribution < 1.29 is 0 Å². The van der Waals surface area contributed by atoms with Gasteiger partial charge < -0.3 is 5.73 Å². The Labute approximate surface area is 127 Å². The van der Waals surface area contributed by atoms with Crippen LogP contribution in [0, 0.1) is 0 Å². The average molecular weight is 289 g/mol. The van der Waals surface area contributed by atoms with Crippen molar-refractivity contribution in [1.29, 1.82) is 0 Å². The summed E-state index contributed by atoms with van der Waals surface area (Å²) in [6.45, 7) is 0. The molecule has 1 nitrogen and oxygen atoms in total. The zero-order valence-electron chi connectivity index (χ0n) is 11.5. The van der Waals surface area contributed by atoms with Gasteiger partial charge in [0.25, 0.3) is 0 Å². The fourth-order valence-corrected chi connectivity index (χ4v) is 3.67. The van der Waals surface area contributed by atoms with Gasteiger partial charge in [-0.25, -0.2) is 0 Å². The molecule has 0 amide bonds. The smallest absolute Gasteiger partial charge is 0.0566 e. The Balaban J connectivity index is 2.07. The molecule has 21 heavy (non-hydrogen) atoms. The van der Waals surface area contributed by atoms with Crippen LogP contribution in [0.3, 0.4) is 0 Å². The number of hydrogen-bond donors (Lipinski definition) is 1. The lowest BCUT2D eigenvalue weighted by Crippen LogP contribution is -2.11. The molecule has 102 valence electrons. The van der Waals surface area contributed by atoms with Gasteiger partial charge in [0.15, 0.2) is 0 Å². The molecule has 0 aliphatic rings. The van der Waals surface area contributed by atoms with Gasteiger partial charge in [-0.3, -0.25) is 0 Å². The zero-order valence-corrected chi connectivity index (χ0v) is 12.3. The predicted octanol–water partition coefficient (Wildman–Crippen LogP) is 5.10. The molecule has 0 fully saturated rings. The van der Waals surface area contributed by atoms with Gasteiger partial charge in [0, 0.05) is 0 Å². The van der Waals surface area contributed by atoms with E-state index in [0.29, 0.717) is 0 Å². The van der Waals surface area contributed by atoms with Crippen molar-refractivity contribution in [3.63, 3.8) is 0 Å². The summed E-state index contributed by atoms with van der Waals surface area (Å²) in [5.41, 5.74) is 8.90. The number of thiophene rings is 1. The monoisotopic (exact) mass is 289 g/mol. The molecule has 1 heterocycles. The third-order valence-electron chi connectivity index (χ3n) is 4.04. The van der Waals surface area contributed by atoms with Crippen LogP contribution in [0.5, 0.6) is 0 Å². The molecule has 2 heteroatoms. The summed E-state index contributed by atoms with van der Waals surface area (Å²) < 4.78 is 0. The van der Waals surface area contributed by atoms with Crippen molar-refractivity contribution in [2.75, 3.05) is 0 Å². The first-order valence-corrected chi connectivity index (χ1v) is 7.97. The summed E-state index contributed by atoms with van der Waals surface area (Å²) in [5.74, 6) is 0. The quantitative estimate of drug-likeness (QED) is 0.510. The SMILES string of the molecule is N[C@@H](c1ccsc1)c1cc2ccccc2c2ccccc12. The van der Waals surface area contributed by atoms with Crippen LogP contribution < -0.4 is 5.73 Å². The van der Waals surface area contributed by atoms with Crippen LogP contribution >= 0.6 is 11.3 Å². The summed E-state index contributed by atoms with van der Waals surface area (Å²) in [5, 5.41) is 9.27. The van der Waals surface area contributed by atoms with Crippen LogP contribution in [-0.4, -0.2) is 0 Å². The lowest BCUT2D eigenvalue weighted by molar-refractivity contribution is 0.888. The van der Waals surface area contributed by atoms with E-state index in [-0.39, 0.29) is 6.04 Å². The van der Waals surface area contributed by atoms with Crippen LogP contribution in [0.4, 0.5) is 0 Å². The molecule has 3 aromatic carbocycles. The first kappa shape index (κ1) is 12.6. The number of benzene rings is 3. The molecule has 0 aliphatic heterocycles. The van der Waals surface area contributed by atoms with Crippen molar-refractivity contribution in [3.8, 4) is 0 Å². The summed E-state index contributed by atoms with van der Waals surface area (Å²) in [7, 11) is 0. The van der Waals surface area contributed by atoms with E-state index in [1.807, 2.05) is 0 Å². The minimum atomic E-state index is -0.0780. The van der Waals surface area contributed by atoms with Gasteiger partial charge in [-0.1, -0.05) is 48.5 Å². The minimum absolute atomic E-state index is 0.0780. The van der Waals surface area contributed by atoms with Gasteiger partial charge in [0.1, 0.15) is 0 Å². The molecule has 1 atom stereocenters. The first-order valence-electron chi connectivity index (χ1n) is 7.02. The zero-order chi connectivity index (χ0) is 14.2. The van der Waals surface area contributed by atoms with Crippen molar-refractivity contribution in [2.24, 2.45) is 5.73 Å². The maximum Gasteiger partial charge on any atom is 0.0566 e. The lowest BCUT2D eigenvalue weighted by atomic mass is 9.92. The molecule has 0 unspecified atom stereocenters. The van der Waals surface area contributed by atoms with E-state index in [1.54, 1.807) is 11.3 Å². The Morgan fingerprint density at radius 1 is 0.810 bits per heavy atom. The molecule has 4 aromatic rings. The maximum atomic E-state index is 6.52. The second-order valence-corrected chi connectivity index (χ2v) is 6.05. The van der Waals surface area contributed by atoms with Gasteiger partial charge >= 0.3 is 0 Å². The molecule has 0 saturated heterocycles. The molecular formula is C19H15NS. The van der Waals surface area contributed by atoms with Gasteiger partial charge in [-0.05, 0) is 55.6 Å². The number of rotatable bonds is 2. The lowest BCUT2D eigenvalue weighted by Gasteiger charge is -2.16. The topological polar surface area (TPSA) is 26.0 Å². The van der Waals surface area contributed by atoms with Crippen LogP contribution in [0.2, 0.25) is 0 Å². The third-order valence-corrected chi connectivity index (χ3v) is 4.74. The Bertz CT molecular complexity index is 909. The van der Waals surface area contributed by atoms with Crippen LogP contribution in [-0.2, 0) is 0 Å². The average Bonchev–Trinajstić information content (AvgIpc) is 3.08. The highest BCUT2D eigenvalue weighted by molar-refractivity contribution is 7.08. The first-order chi connectivity index (χ1) is 10.3. The molecule has 0 spiro atoms. The number of fused-ring (bicyclic) bond motifs is 3. The highest BCUT2D eigenvalue weighted by Gasteiger charge is 2.14. The second kappa shape index (κ2) is 4.99. The highest BCUT2D eigenvalue weighted by atomic mass is 32.1. The fourth-order valence-electron chi connectivity index (χ4n) is 2.97. The largest absolute Gasteiger partial charge is 0.320 e. The molecule has 2 N–H and O–H groups in total. The Kier molecular flexibility index (Phi) is 2.99. The molecule has 0 saturated carbocycles. The van der Waals surface area contributed by atoms with Gasteiger partial charge in [0.05, 0.1) is 6.04 Å². The third kappa shape index (κ3) is 2.04. The van der Waals surface area contributed by atoms with Crippen molar-refractivity contribution in [1.82, 2.24) is 0 Å². The van der Waals surface area contributed by atoms with E-state index < -0.39 is 0 Å². The Morgan fingerprint density at radius 3 is 2.29 bits per heavy atom. The molecule has 0 bridgehead atoms. The molecule has 4 rings (SSSR count). The predicted molar refractivity (Wildman–Crippen MR) is 91.8 cm³/mol. The van der Waals surface area contributed by atoms with Gasteiger partial charge in [-0.15, -0.1) is 0 Å². The molecular weight excluding hydrogens is 274 g/mol.